The maximum Gasteiger partial charge on any atom is 0.332 e. The number of carbonyl (C=O) groups excluding carboxylic acids is 1. The van der Waals surface area contributed by atoms with Gasteiger partial charge in [-0.3, -0.25) is 4.79 Å². The number of hydrogen-bond acceptors (Lipinski definition) is 3. The normalized spacial score (nSPS) is 11.9. The van der Waals surface area contributed by atoms with Crippen molar-refractivity contribution in [1.82, 2.24) is 0 Å². The highest BCUT2D eigenvalue weighted by Crippen LogP contribution is 2.13. The summed E-state index contributed by atoms with van der Waals surface area (Å²) < 4.78 is 0. The Kier molecular flexibility index (Phi) is 4.55. The quantitative estimate of drug-likeness (QED) is 0.641. The largest absolute Gasteiger partial charge is 0.478 e. The molecule has 0 aromatic rings. The molecule has 0 amide bonds. The lowest BCUT2D eigenvalue weighted by atomic mass is 10.0. The highest BCUT2D eigenvalue weighted by atomic mass is 16.4. The van der Waals surface area contributed by atoms with Crippen LogP contribution in [0, 0.1) is 0 Å². The minimum Gasteiger partial charge on any atom is -0.478 e. The molecule has 0 aliphatic rings. The maximum absolute atomic E-state index is 10.7. The van der Waals surface area contributed by atoms with E-state index in [1.54, 1.807) is 0 Å². The van der Waals surface area contributed by atoms with Crippen LogP contribution in [-0.2, 0) is 14.4 Å². The van der Waals surface area contributed by atoms with Crippen LogP contribution in [-0.4, -0.2) is 27.9 Å². The molecule has 0 aromatic carbocycles. The van der Waals surface area contributed by atoms with Crippen LogP contribution in [0.1, 0.15) is 26.7 Å². The number of hydrogen-bond donors (Lipinski definition) is 2. The number of Topliss-reactive ketones (excluding diaryl/α,β-unsaturated/α-hetero) is 1. The molecule has 78 valence electrons. The van der Waals surface area contributed by atoms with Gasteiger partial charge in [0.25, 0.3) is 0 Å². The van der Waals surface area contributed by atoms with Crippen molar-refractivity contribution in [3.63, 3.8) is 0 Å². The first-order valence-corrected chi connectivity index (χ1v) is 4.08. The van der Waals surface area contributed by atoms with Crippen molar-refractivity contribution in [2.24, 2.45) is 0 Å². The average Bonchev–Trinajstić information content (AvgIpc) is 2.02. The summed E-state index contributed by atoms with van der Waals surface area (Å²) in [4.78, 5) is 32.0. The van der Waals surface area contributed by atoms with Crippen molar-refractivity contribution in [3.05, 3.63) is 11.1 Å². The number of ketones is 1. The number of carbonyl (C=O) groups is 3. The minimum atomic E-state index is -1.35. The summed E-state index contributed by atoms with van der Waals surface area (Å²) in [6, 6.07) is 0. The molecular weight excluding hydrogens is 188 g/mol. The van der Waals surface area contributed by atoms with Crippen LogP contribution < -0.4 is 0 Å². The average molecular weight is 200 g/mol. The summed E-state index contributed by atoms with van der Waals surface area (Å²) >= 11 is 0. The summed E-state index contributed by atoms with van der Waals surface area (Å²) in [7, 11) is 0. The first-order chi connectivity index (χ1) is 6.40. The van der Waals surface area contributed by atoms with Gasteiger partial charge in [0.2, 0.25) is 0 Å². The van der Waals surface area contributed by atoms with Crippen molar-refractivity contribution in [3.8, 4) is 0 Å². The molecule has 0 saturated carbocycles. The molecule has 0 aromatic heterocycles. The lowest BCUT2D eigenvalue weighted by molar-refractivity contribution is -0.136. The first kappa shape index (κ1) is 12.3. The Balaban J connectivity index is 5.20. The van der Waals surface area contributed by atoms with Crippen molar-refractivity contribution in [1.29, 1.82) is 0 Å². The molecule has 0 spiro atoms. The van der Waals surface area contributed by atoms with Gasteiger partial charge < -0.3 is 10.2 Å². The topological polar surface area (TPSA) is 91.7 Å². The molecule has 0 unspecified atom stereocenters. The third-order valence-corrected chi connectivity index (χ3v) is 1.66. The van der Waals surface area contributed by atoms with E-state index in [1.165, 1.54) is 13.8 Å². The van der Waals surface area contributed by atoms with E-state index in [-0.39, 0.29) is 29.8 Å². The molecule has 5 heteroatoms. The molecule has 0 bridgehead atoms. The van der Waals surface area contributed by atoms with E-state index in [9.17, 15) is 14.4 Å². The van der Waals surface area contributed by atoms with Gasteiger partial charge in [0.1, 0.15) is 5.78 Å². The van der Waals surface area contributed by atoms with E-state index in [0.29, 0.717) is 0 Å². The van der Waals surface area contributed by atoms with Gasteiger partial charge in [-0.15, -0.1) is 0 Å². The van der Waals surface area contributed by atoms with Gasteiger partial charge in [0, 0.05) is 12.0 Å². The lowest BCUT2D eigenvalue weighted by Crippen LogP contribution is -2.13. The Morgan fingerprint density at radius 1 is 1.00 bits per heavy atom. The van der Waals surface area contributed by atoms with E-state index in [2.05, 4.69) is 0 Å². The molecule has 5 nitrogen and oxygen atoms in total. The van der Waals surface area contributed by atoms with Crippen molar-refractivity contribution in [2.75, 3.05) is 0 Å². The zero-order valence-electron chi connectivity index (χ0n) is 8.03. The van der Waals surface area contributed by atoms with Crippen molar-refractivity contribution in [2.45, 2.75) is 26.7 Å². The minimum absolute atomic E-state index is 0.0875. The SMILES string of the molecule is CC/C(C(=O)O)=C(/CC(C)=O)C(=O)O. The van der Waals surface area contributed by atoms with Gasteiger partial charge in [0.15, 0.2) is 0 Å². The Hall–Kier alpha value is -1.65. The standard InChI is InChI=1S/C9H12O5/c1-3-6(8(11)12)7(9(13)14)4-5(2)10/h3-4H2,1-2H3,(H,11,12)(H,13,14)/b7-6+. The highest BCUT2D eigenvalue weighted by Gasteiger charge is 2.19. The predicted molar refractivity (Wildman–Crippen MR) is 47.9 cm³/mol. The van der Waals surface area contributed by atoms with E-state index < -0.39 is 11.9 Å². The van der Waals surface area contributed by atoms with E-state index in [0.717, 1.165) is 0 Å². The van der Waals surface area contributed by atoms with Gasteiger partial charge in [-0.1, -0.05) is 6.92 Å². The summed E-state index contributed by atoms with van der Waals surface area (Å²) in [5, 5.41) is 17.4. The van der Waals surface area contributed by atoms with Crippen molar-refractivity contribution >= 4 is 17.7 Å². The Morgan fingerprint density at radius 3 is 1.64 bits per heavy atom. The summed E-state index contributed by atoms with van der Waals surface area (Å²) in [5.74, 6) is -3.00. The molecule has 0 fully saturated rings. The Bertz CT molecular complexity index is 300. The fourth-order valence-corrected chi connectivity index (χ4v) is 1.05. The molecule has 0 rings (SSSR count). The zero-order chi connectivity index (χ0) is 11.3. The van der Waals surface area contributed by atoms with Gasteiger partial charge >= 0.3 is 11.9 Å². The lowest BCUT2D eigenvalue weighted by Gasteiger charge is -2.04. The van der Waals surface area contributed by atoms with Crippen LogP contribution in [0.25, 0.3) is 0 Å². The second-order valence-corrected chi connectivity index (χ2v) is 2.80. The molecule has 0 radical (unpaired) electrons. The molecular formula is C9H12O5. The van der Waals surface area contributed by atoms with Crippen LogP contribution in [0.15, 0.2) is 11.1 Å². The zero-order valence-corrected chi connectivity index (χ0v) is 8.03. The molecule has 0 aliphatic carbocycles. The van der Waals surface area contributed by atoms with Gasteiger partial charge in [0.05, 0.1) is 5.57 Å². The predicted octanol–water partition coefficient (Wildman–Crippen LogP) is 0.841. The number of carboxylic acid groups (broad SMARTS) is 2. The van der Waals surface area contributed by atoms with E-state index >= 15 is 0 Å². The number of rotatable bonds is 5. The molecule has 0 atom stereocenters. The highest BCUT2D eigenvalue weighted by molar-refractivity contribution is 6.02. The fraction of sp³-hybridized carbons (Fsp3) is 0.444. The van der Waals surface area contributed by atoms with Crippen LogP contribution in [0.3, 0.4) is 0 Å². The summed E-state index contributed by atoms with van der Waals surface area (Å²) in [6.45, 7) is 2.75. The first-order valence-electron chi connectivity index (χ1n) is 4.08. The third kappa shape index (κ3) is 3.38. The van der Waals surface area contributed by atoms with Crippen LogP contribution >= 0.6 is 0 Å². The summed E-state index contributed by atoms with van der Waals surface area (Å²) in [5.41, 5.74) is -0.541. The second-order valence-electron chi connectivity index (χ2n) is 2.80. The number of aliphatic carboxylic acids is 2. The number of carboxylic acids is 2. The third-order valence-electron chi connectivity index (χ3n) is 1.66. The van der Waals surface area contributed by atoms with Gasteiger partial charge in [-0.25, -0.2) is 9.59 Å². The smallest absolute Gasteiger partial charge is 0.332 e. The Labute approximate surface area is 81.0 Å². The molecule has 0 saturated heterocycles. The van der Waals surface area contributed by atoms with E-state index in [1.807, 2.05) is 0 Å². The Morgan fingerprint density at radius 2 is 1.43 bits per heavy atom. The monoisotopic (exact) mass is 200 g/mol. The van der Waals surface area contributed by atoms with Crippen LogP contribution in [0.4, 0.5) is 0 Å². The van der Waals surface area contributed by atoms with Gasteiger partial charge in [-0.05, 0) is 13.3 Å². The fourth-order valence-electron chi connectivity index (χ4n) is 1.05. The van der Waals surface area contributed by atoms with Crippen LogP contribution in [0.5, 0.6) is 0 Å². The van der Waals surface area contributed by atoms with Gasteiger partial charge in [-0.2, -0.15) is 0 Å². The molecule has 2 N–H and O–H groups in total. The van der Waals surface area contributed by atoms with Crippen molar-refractivity contribution < 1.29 is 24.6 Å². The molecule has 0 aliphatic heterocycles. The maximum atomic E-state index is 10.7. The molecule has 0 heterocycles. The molecule has 14 heavy (non-hydrogen) atoms. The van der Waals surface area contributed by atoms with E-state index in [4.69, 9.17) is 10.2 Å². The summed E-state index contributed by atoms with van der Waals surface area (Å²) in [6.07, 6.45) is -0.255. The van der Waals surface area contributed by atoms with Crippen LogP contribution in [0.2, 0.25) is 0 Å². The second kappa shape index (κ2) is 5.16.